The maximum absolute atomic E-state index is 12.8. The van der Waals surface area contributed by atoms with E-state index >= 15 is 0 Å². The second-order valence-electron chi connectivity index (χ2n) is 6.20. The number of carbonyl (C=O) groups is 3. The van der Waals surface area contributed by atoms with Crippen LogP contribution in [0.3, 0.4) is 0 Å². The van der Waals surface area contributed by atoms with Crippen molar-refractivity contribution in [3.05, 3.63) is 88.0 Å². The van der Waals surface area contributed by atoms with Gasteiger partial charge in [-0.15, -0.1) is 6.58 Å². The second-order valence-corrected chi connectivity index (χ2v) is 6.20. The van der Waals surface area contributed by atoms with Gasteiger partial charge in [-0.05, 0) is 17.7 Å². The maximum Gasteiger partial charge on any atom is 0.269 e. The number of nitro groups is 1. The van der Waals surface area contributed by atoms with Gasteiger partial charge in [-0.2, -0.15) is 0 Å². The van der Waals surface area contributed by atoms with Crippen molar-refractivity contribution < 1.29 is 19.3 Å². The zero-order valence-electron chi connectivity index (χ0n) is 14.8. The first-order chi connectivity index (χ1) is 13.4. The zero-order chi connectivity index (χ0) is 20.3. The van der Waals surface area contributed by atoms with Crippen LogP contribution in [0.15, 0.2) is 61.2 Å². The highest BCUT2D eigenvalue weighted by Gasteiger charge is 2.42. The van der Waals surface area contributed by atoms with Gasteiger partial charge in [0.1, 0.15) is 6.04 Å². The number of nitrogens with one attached hydrogen (secondary N) is 1. The summed E-state index contributed by atoms with van der Waals surface area (Å²) < 4.78 is 0. The Balaban J connectivity index is 1.92. The molecule has 1 aliphatic rings. The molecule has 8 nitrogen and oxygen atoms in total. The summed E-state index contributed by atoms with van der Waals surface area (Å²) in [7, 11) is 0. The van der Waals surface area contributed by atoms with Crippen molar-refractivity contribution in [3.8, 4) is 0 Å². The van der Waals surface area contributed by atoms with Crippen LogP contribution in [0, 0.1) is 10.1 Å². The predicted molar refractivity (Wildman–Crippen MR) is 101 cm³/mol. The summed E-state index contributed by atoms with van der Waals surface area (Å²) in [4.78, 5) is 49.5. The van der Waals surface area contributed by atoms with Crippen molar-refractivity contribution in [2.24, 2.45) is 0 Å². The Hall–Kier alpha value is -3.81. The fourth-order valence-electron chi connectivity index (χ4n) is 3.06. The number of amides is 3. The molecule has 1 N–H and O–H groups in total. The molecule has 0 spiro atoms. The van der Waals surface area contributed by atoms with Gasteiger partial charge in [-0.1, -0.05) is 30.3 Å². The number of non-ortho nitro benzene ring substituents is 1. The molecule has 142 valence electrons. The van der Waals surface area contributed by atoms with Gasteiger partial charge in [0.25, 0.3) is 17.5 Å². The van der Waals surface area contributed by atoms with Gasteiger partial charge < -0.3 is 5.32 Å². The normalized spacial score (nSPS) is 13.8. The van der Waals surface area contributed by atoms with E-state index in [1.807, 2.05) is 0 Å². The van der Waals surface area contributed by atoms with Crippen LogP contribution in [0.2, 0.25) is 0 Å². The first kappa shape index (κ1) is 19.0. The van der Waals surface area contributed by atoms with Crippen LogP contribution >= 0.6 is 0 Å². The van der Waals surface area contributed by atoms with Crippen LogP contribution in [0.5, 0.6) is 0 Å². The Kier molecular flexibility index (Phi) is 5.30. The average Bonchev–Trinajstić information content (AvgIpc) is 2.95. The smallest absolute Gasteiger partial charge is 0.269 e. The van der Waals surface area contributed by atoms with Crippen molar-refractivity contribution in [2.75, 3.05) is 6.54 Å². The summed E-state index contributed by atoms with van der Waals surface area (Å²) in [5, 5.41) is 13.4. The molecule has 0 saturated carbocycles. The Morgan fingerprint density at radius 1 is 1.11 bits per heavy atom. The van der Waals surface area contributed by atoms with Crippen LogP contribution in [-0.2, 0) is 11.2 Å². The van der Waals surface area contributed by atoms with Gasteiger partial charge in [0.2, 0.25) is 5.91 Å². The molecule has 28 heavy (non-hydrogen) atoms. The van der Waals surface area contributed by atoms with E-state index in [0.29, 0.717) is 5.56 Å². The van der Waals surface area contributed by atoms with Crippen LogP contribution in [0.25, 0.3) is 0 Å². The monoisotopic (exact) mass is 379 g/mol. The number of hydrogen-bond donors (Lipinski definition) is 1. The molecule has 3 amide bonds. The topological polar surface area (TPSA) is 110 Å². The molecule has 8 heteroatoms. The Bertz CT molecular complexity index is 933. The summed E-state index contributed by atoms with van der Waals surface area (Å²) in [6.45, 7) is 3.72. The highest BCUT2D eigenvalue weighted by Crippen LogP contribution is 2.26. The van der Waals surface area contributed by atoms with Crippen LogP contribution in [-0.4, -0.2) is 40.1 Å². The van der Waals surface area contributed by atoms with E-state index in [2.05, 4.69) is 11.9 Å². The Morgan fingerprint density at radius 2 is 1.68 bits per heavy atom. The van der Waals surface area contributed by atoms with Crippen molar-refractivity contribution in [3.63, 3.8) is 0 Å². The fourth-order valence-corrected chi connectivity index (χ4v) is 3.06. The third-order valence-corrected chi connectivity index (χ3v) is 4.44. The second kappa shape index (κ2) is 7.83. The quantitative estimate of drug-likeness (QED) is 0.343. The van der Waals surface area contributed by atoms with Crippen molar-refractivity contribution >= 4 is 23.4 Å². The SMILES string of the molecule is C=CCNC(=O)[C@@H](Cc1ccc([N+](=O)[O-])cc1)N1C(=O)c2ccccc2C1=O. The Labute approximate surface area is 160 Å². The minimum absolute atomic E-state index is 0.0342. The third-order valence-electron chi connectivity index (χ3n) is 4.44. The summed E-state index contributed by atoms with van der Waals surface area (Å²) >= 11 is 0. The lowest BCUT2D eigenvalue weighted by Gasteiger charge is -2.25. The van der Waals surface area contributed by atoms with E-state index in [4.69, 9.17) is 0 Å². The van der Waals surface area contributed by atoms with Crippen LogP contribution in [0.4, 0.5) is 5.69 Å². The molecular weight excluding hydrogens is 362 g/mol. The zero-order valence-corrected chi connectivity index (χ0v) is 14.8. The van der Waals surface area contributed by atoms with E-state index in [0.717, 1.165) is 4.90 Å². The van der Waals surface area contributed by atoms with Gasteiger partial charge in [-0.25, -0.2) is 0 Å². The first-order valence-corrected chi connectivity index (χ1v) is 8.53. The van der Waals surface area contributed by atoms with Crippen molar-refractivity contribution in [1.29, 1.82) is 0 Å². The minimum Gasteiger partial charge on any atom is -0.351 e. The molecular formula is C20H17N3O5. The molecule has 2 aromatic rings. The number of rotatable bonds is 7. The van der Waals surface area contributed by atoms with E-state index in [1.54, 1.807) is 24.3 Å². The molecule has 0 unspecified atom stereocenters. The molecule has 0 bridgehead atoms. The predicted octanol–water partition coefficient (Wildman–Crippen LogP) is 2.10. The average molecular weight is 379 g/mol. The fraction of sp³-hybridized carbons (Fsp3) is 0.150. The first-order valence-electron chi connectivity index (χ1n) is 8.53. The van der Waals surface area contributed by atoms with Gasteiger partial charge in [0.15, 0.2) is 0 Å². The van der Waals surface area contributed by atoms with Crippen LogP contribution < -0.4 is 5.32 Å². The summed E-state index contributed by atoms with van der Waals surface area (Å²) in [6.07, 6.45) is 1.52. The van der Waals surface area contributed by atoms with Crippen molar-refractivity contribution in [1.82, 2.24) is 10.2 Å². The molecule has 0 aliphatic carbocycles. The van der Waals surface area contributed by atoms with E-state index in [9.17, 15) is 24.5 Å². The molecule has 2 aromatic carbocycles. The number of carbonyl (C=O) groups excluding carboxylic acids is 3. The number of hydrogen-bond acceptors (Lipinski definition) is 5. The molecule has 0 aromatic heterocycles. The van der Waals surface area contributed by atoms with Crippen molar-refractivity contribution in [2.45, 2.75) is 12.5 Å². The minimum atomic E-state index is -1.09. The molecule has 1 aliphatic heterocycles. The van der Waals surface area contributed by atoms with Gasteiger partial charge in [-0.3, -0.25) is 29.4 Å². The Morgan fingerprint density at radius 3 is 2.18 bits per heavy atom. The van der Waals surface area contributed by atoms with E-state index in [-0.39, 0.29) is 29.8 Å². The lowest BCUT2D eigenvalue weighted by atomic mass is 10.0. The summed E-state index contributed by atoms with van der Waals surface area (Å²) in [5.41, 5.74) is 0.994. The lowest BCUT2D eigenvalue weighted by Crippen LogP contribution is -2.50. The molecule has 1 atom stereocenters. The van der Waals surface area contributed by atoms with Crippen LogP contribution in [0.1, 0.15) is 26.3 Å². The standard InChI is InChI=1S/C20H17N3O5/c1-2-11-21-18(24)17(12-13-7-9-14(10-8-13)23(27)28)22-19(25)15-5-3-4-6-16(15)20(22)26/h2-10,17H,1,11-12H2,(H,21,24)/t17-/m1/s1. The lowest BCUT2D eigenvalue weighted by molar-refractivity contribution is -0.384. The van der Waals surface area contributed by atoms with Gasteiger partial charge in [0.05, 0.1) is 16.1 Å². The summed E-state index contributed by atoms with van der Waals surface area (Å²) in [6, 6.07) is 10.9. The largest absolute Gasteiger partial charge is 0.351 e. The van der Waals surface area contributed by atoms with E-state index < -0.39 is 28.7 Å². The molecule has 0 radical (unpaired) electrons. The van der Waals surface area contributed by atoms with Gasteiger partial charge >= 0.3 is 0 Å². The summed E-state index contributed by atoms with van der Waals surface area (Å²) in [5.74, 6) is -1.59. The number of imide groups is 1. The maximum atomic E-state index is 12.8. The van der Waals surface area contributed by atoms with Gasteiger partial charge in [0, 0.05) is 25.1 Å². The number of nitro benzene ring substituents is 1. The third kappa shape index (κ3) is 3.52. The molecule has 3 rings (SSSR count). The highest BCUT2D eigenvalue weighted by atomic mass is 16.6. The molecule has 1 heterocycles. The number of benzene rings is 2. The van der Waals surface area contributed by atoms with E-state index in [1.165, 1.54) is 30.3 Å². The highest BCUT2D eigenvalue weighted by molar-refractivity contribution is 6.22. The number of nitrogens with zero attached hydrogens (tertiary/aromatic N) is 2. The molecule has 0 saturated heterocycles. The number of fused-ring (bicyclic) bond motifs is 1. The molecule has 0 fully saturated rings.